The number of epoxide rings is 1. The summed E-state index contributed by atoms with van der Waals surface area (Å²) in [5, 5.41) is 10.1. The van der Waals surface area contributed by atoms with Crippen molar-refractivity contribution in [3.8, 4) is 0 Å². The maximum absolute atomic E-state index is 12.1. The van der Waals surface area contributed by atoms with Crippen LogP contribution in [-0.4, -0.2) is 54.6 Å². The molecule has 3 fully saturated rings. The summed E-state index contributed by atoms with van der Waals surface area (Å²) in [4.78, 5) is 13.6. The van der Waals surface area contributed by atoms with Crippen molar-refractivity contribution in [3.63, 3.8) is 0 Å². The summed E-state index contributed by atoms with van der Waals surface area (Å²) in [5.74, 6) is -0.498. The number of carbonyl (C=O) groups excluding carboxylic acids is 1. The first-order chi connectivity index (χ1) is 10.6. The van der Waals surface area contributed by atoms with Crippen molar-refractivity contribution in [1.82, 2.24) is 0 Å². The lowest BCUT2D eigenvalue weighted by Crippen LogP contribution is -3.17. The number of aliphatic hydroxyl groups excluding tert-OH is 1. The van der Waals surface area contributed by atoms with E-state index in [1.54, 1.807) is 0 Å². The molecule has 0 aromatic heterocycles. The number of nitrogens with one attached hydrogen (secondary N) is 1. The molecule has 2 N–H and O–H groups in total. The molecule has 3 aliphatic heterocycles. The van der Waals surface area contributed by atoms with Crippen LogP contribution in [0.25, 0.3) is 0 Å². The topological polar surface area (TPSA) is 63.5 Å². The molecule has 1 aromatic rings. The van der Waals surface area contributed by atoms with E-state index in [-0.39, 0.29) is 6.10 Å². The van der Waals surface area contributed by atoms with Gasteiger partial charge in [0.25, 0.3) is 0 Å². The van der Waals surface area contributed by atoms with Crippen LogP contribution >= 0.6 is 0 Å². The van der Waals surface area contributed by atoms with E-state index in [1.165, 1.54) is 4.90 Å². The van der Waals surface area contributed by atoms with Crippen molar-refractivity contribution in [3.05, 3.63) is 35.9 Å². The van der Waals surface area contributed by atoms with Crippen LogP contribution < -0.4 is 4.90 Å². The van der Waals surface area contributed by atoms with E-state index in [9.17, 15) is 9.90 Å². The van der Waals surface area contributed by atoms with Gasteiger partial charge in [-0.1, -0.05) is 30.3 Å². The zero-order chi connectivity index (χ0) is 15.3. The molecule has 0 amide bonds. The van der Waals surface area contributed by atoms with E-state index in [2.05, 4.69) is 7.05 Å². The second-order valence-corrected chi connectivity index (χ2v) is 6.76. The van der Waals surface area contributed by atoms with Crippen molar-refractivity contribution < 1.29 is 24.3 Å². The van der Waals surface area contributed by atoms with Crippen LogP contribution in [0, 0.1) is 0 Å². The van der Waals surface area contributed by atoms with Crippen LogP contribution in [0.15, 0.2) is 30.3 Å². The van der Waals surface area contributed by atoms with Crippen LogP contribution in [0.2, 0.25) is 0 Å². The molecule has 4 rings (SSSR count). The number of esters is 1. The fraction of sp³-hybridized carbons (Fsp3) is 0.588. The molecule has 22 heavy (non-hydrogen) atoms. The summed E-state index contributed by atoms with van der Waals surface area (Å²) in [7, 11) is 2.20. The predicted octanol–water partition coefficient (Wildman–Crippen LogP) is -0.671. The summed E-state index contributed by atoms with van der Waals surface area (Å²) in [6.07, 6.45) is 1.55. The van der Waals surface area contributed by atoms with Gasteiger partial charge in [-0.3, -0.25) is 0 Å². The zero-order valence-electron chi connectivity index (χ0n) is 12.6. The number of aliphatic hydroxyl groups is 1. The summed E-state index contributed by atoms with van der Waals surface area (Å²) in [6, 6.07) is 10.4. The number of hydrogen-bond acceptors (Lipinski definition) is 4. The summed E-state index contributed by atoms with van der Waals surface area (Å²) < 4.78 is 11.2. The summed E-state index contributed by atoms with van der Waals surface area (Å²) in [6.45, 7) is 0. The van der Waals surface area contributed by atoms with Crippen LogP contribution in [-0.2, 0) is 20.7 Å². The Morgan fingerprint density at radius 1 is 1.32 bits per heavy atom. The second-order valence-electron chi connectivity index (χ2n) is 6.76. The average Bonchev–Trinajstić information content (AvgIpc) is 3.26. The highest BCUT2D eigenvalue weighted by Gasteiger charge is 2.66. The van der Waals surface area contributed by atoms with Crippen molar-refractivity contribution in [2.75, 3.05) is 7.05 Å². The highest BCUT2D eigenvalue weighted by atomic mass is 16.6. The highest BCUT2D eigenvalue weighted by Crippen LogP contribution is 2.39. The lowest BCUT2D eigenvalue weighted by molar-refractivity contribution is -0.930. The van der Waals surface area contributed by atoms with Crippen LogP contribution in [0.3, 0.4) is 0 Å². The molecule has 0 radical (unpaired) electrons. The Morgan fingerprint density at radius 2 is 1.95 bits per heavy atom. The fourth-order valence-corrected chi connectivity index (χ4v) is 4.14. The van der Waals surface area contributed by atoms with E-state index in [4.69, 9.17) is 9.47 Å². The molecule has 5 nitrogen and oxygen atoms in total. The van der Waals surface area contributed by atoms with Gasteiger partial charge in [0, 0.05) is 19.3 Å². The van der Waals surface area contributed by atoms with Gasteiger partial charge in [-0.25, -0.2) is 4.79 Å². The summed E-state index contributed by atoms with van der Waals surface area (Å²) in [5.41, 5.74) is 0.939. The van der Waals surface area contributed by atoms with Crippen LogP contribution in [0.1, 0.15) is 18.4 Å². The van der Waals surface area contributed by atoms with Crippen LogP contribution in [0.4, 0.5) is 0 Å². The number of hydrogen-bond donors (Lipinski definition) is 2. The number of morpholine rings is 1. The predicted molar refractivity (Wildman–Crippen MR) is 78.4 cm³/mol. The van der Waals surface area contributed by atoms with E-state index in [0.717, 1.165) is 18.4 Å². The van der Waals surface area contributed by atoms with E-state index < -0.39 is 12.1 Å². The minimum Gasteiger partial charge on any atom is -0.460 e. The molecule has 7 atom stereocenters. The van der Waals surface area contributed by atoms with Crippen molar-refractivity contribution in [1.29, 1.82) is 0 Å². The molecule has 118 valence electrons. The maximum Gasteiger partial charge on any atom is 0.335 e. The Morgan fingerprint density at radius 3 is 2.59 bits per heavy atom. The Bertz CT molecular complexity index is 545. The number of benzene rings is 1. The third kappa shape index (κ3) is 2.43. The smallest absolute Gasteiger partial charge is 0.335 e. The van der Waals surface area contributed by atoms with Gasteiger partial charge < -0.3 is 19.5 Å². The maximum atomic E-state index is 12.1. The average molecular weight is 304 g/mol. The first-order valence-electron chi connectivity index (χ1n) is 8.05. The molecule has 2 unspecified atom stereocenters. The Labute approximate surface area is 129 Å². The number of likely N-dealkylation sites (N-methyl/N-ethyl adjacent to an activating group) is 1. The van der Waals surface area contributed by atoms with Crippen molar-refractivity contribution in [2.45, 2.75) is 55.8 Å². The fourth-order valence-electron chi connectivity index (χ4n) is 4.14. The van der Waals surface area contributed by atoms with Gasteiger partial charge in [0.05, 0.1) is 7.05 Å². The number of fused-ring (bicyclic) bond motifs is 5. The zero-order valence-corrected chi connectivity index (χ0v) is 12.6. The molecule has 0 aliphatic carbocycles. The number of piperidine rings is 1. The number of quaternary nitrogens is 1. The minimum absolute atomic E-state index is 0.0759. The highest BCUT2D eigenvalue weighted by molar-refractivity contribution is 5.75. The van der Waals surface area contributed by atoms with Gasteiger partial charge in [0.15, 0.2) is 6.10 Å². The van der Waals surface area contributed by atoms with Gasteiger partial charge in [-0.05, 0) is 5.56 Å². The monoisotopic (exact) mass is 304 g/mol. The van der Waals surface area contributed by atoms with E-state index in [0.29, 0.717) is 30.7 Å². The number of rotatable bonds is 4. The van der Waals surface area contributed by atoms with E-state index >= 15 is 0 Å². The van der Waals surface area contributed by atoms with Crippen molar-refractivity contribution >= 4 is 5.97 Å². The molecule has 1 aromatic carbocycles. The summed E-state index contributed by atoms with van der Waals surface area (Å²) >= 11 is 0. The minimum atomic E-state index is -1.09. The van der Waals surface area contributed by atoms with Gasteiger partial charge in [-0.15, -0.1) is 0 Å². The molecule has 3 saturated heterocycles. The largest absolute Gasteiger partial charge is 0.460 e. The molecule has 0 spiro atoms. The standard InChI is InChI=1S/C17H21NO4/c1-18-12-8-11(9-13(18)16-15(12)22-16)21-17(20)14(19)7-10-5-3-2-4-6-10/h2-6,11-16,19H,7-9H2,1H3/p+1/t11?,12-,13+,14-,15-,16+/m0/s1. The first-order valence-corrected chi connectivity index (χ1v) is 8.05. The Hall–Kier alpha value is -1.43. The quantitative estimate of drug-likeness (QED) is 0.572. The Kier molecular flexibility index (Phi) is 3.44. The van der Waals surface area contributed by atoms with Crippen molar-refractivity contribution in [2.24, 2.45) is 0 Å². The Balaban J connectivity index is 1.33. The molecule has 3 heterocycles. The normalized spacial score (nSPS) is 39.9. The SMILES string of the molecule is C[NH+]1[C@@H]2CC(OC(=O)[C@@H](O)Cc3ccccc3)C[C@H]1[C@@H]1O[C@@H]12. The molecular weight excluding hydrogens is 282 g/mol. The van der Waals surface area contributed by atoms with Gasteiger partial charge in [0.1, 0.15) is 30.4 Å². The third-order valence-corrected chi connectivity index (χ3v) is 5.38. The van der Waals surface area contributed by atoms with Gasteiger partial charge in [-0.2, -0.15) is 0 Å². The van der Waals surface area contributed by atoms with Gasteiger partial charge >= 0.3 is 5.97 Å². The number of carbonyl (C=O) groups is 1. The van der Waals surface area contributed by atoms with Crippen LogP contribution in [0.5, 0.6) is 0 Å². The lowest BCUT2D eigenvalue weighted by Gasteiger charge is -2.35. The second kappa shape index (κ2) is 5.33. The molecule has 0 saturated carbocycles. The first kappa shape index (κ1) is 14.2. The lowest BCUT2D eigenvalue weighted by atomic mass is 9.99. The molecular formula is C17H22NO4+. The molecule has 5 heteroatoms. The molecule has 2 bridgehead atoms. The third-order valence-electron chi connectivity index (χ3n) is 5.38. The molecule has 3 aliphatic rings. The number of ether oxygens (including phenoxy) is 2. The van der Waals surface area contributed by atoms with Gasteiger partial charge in [0.2, 0.25) is 0 Å². The van der Waals surface area contributed by atoms with E-state index in [1.807, 2.05) is 30.3 Å².